The Bertz CT molecular complexity index is 185. The van der Waals surface area contributed by atoms with Gasteiger partial charge in [-0.1, -0.05) is 6.92 Å². The molecule has 1 aliphatic carbocycles. The summed E-state index contributed by atoms with van der Waals surface area (Å²) < 4.78 is 25.8. The van der Waals surface area contributed by atoms with Crippen molar-refractivity contribution < 1.29 is 13.9 Å². The third-order valence-electron chi connectivity index (χ3n) is 3.55. The number of aliphatic hydroxyl groups is 1. The van der Waals surface area contributed by atoms with E-state index in [0.29, 0.717) is 19.4 Å². The summed E-state index contributed by atoms with van der Waals surface area (Å²) >= 11 is 0. The number of hydrogen-bond acceptors (Lipinski definition) is 2. The number of hydrogen-bond donors (Lipinski definition) is 2. The summed E-state index contributed by atoms with van der Waals surface area (Å²) in [6.45, 7) is 2.41. The van der Waals surface area contributed by atoms with Crippen LogP contribution in [0.3, 0.4) is 0 Å². The van der Waals surface area contributed by atoms with Crippen molar-refractivity contribution in [1.29, 1.82) is 0 Å². The fraction of sp³-hybridized carbons (Fsp3) is 1.00. The minimum atomic E-state index is -2.51. The molecule has 1 saturated carbocycles. The average Bonchev–Trinajstić information content (AvgIpc) is 2.19. The van der Waals surface area contributed by atoms with Gasteiger partial charge in [-0.3, -0.25) is 0 Å². The van der Waals surface area contributed by atoms with Gasteiger partial charge in [-0.2, -0.15) is 0 Å². The molecule has 0 spiro atoms. The van der Waals surface area contributed by atoms with Gasteiger partial charge in [-0.05, 0) is 37.6 Å². The first-order valence-corrected chi connectivity index (χ1v) is 5.76. The second kappa shape index (κ2) is 5.21. The molecule has 0 radical (unpaired) electrons. The van der Waals surface area contributed by atoms with E-state index >= 15 is 0 Å². The normalized spacial score (nSPS) is 26.2. The second-order valence-corrected chi connectivity index (χ2v) is 4.59. The Morgan fingerprint density at radius 1 is 1.40 bits per heavy atom. The van der Waals surface area contributed by atoms with Gasteiger partial charge in [0.25, 0.3) is 0 Å². The van der Waals surface area contributed by atoms with Crippen molar-refractivity contribution in [3.05, 3.63) is 0 Å². The molecule has 1 fully saturated rings. The zero-order chi connectivity index (χ0) is 11.5. The van der Waals surface area contributed by atoms with Crippen molar-refractivity contribution in [1.82, 2.24) is 0 Å². The summed E-state index contributed by atoms with van der Waals surface area (Å²) in [4.78, 5) is 0. The first-order valence-electron chi connectivity index (χ1n) is 5.76. The first-order chi connectivity index (χ1) is 7.00. The standard InChI is InChI=1S/C11H21F2NO/c1-2-8(7-14)10(15)9-3-5-11(12,13)6-4-9/h8-10,15H,2-7,14H2,1H3. The molecule has 2 atom stereocenters. The van der Waals surface area contributed by atoms with Crippen molar-refractivity contribution in [3.8, 4) is 0 Å². The summed E-state index contributed by atoms with van der Waals surface area (Å²) in [6.07, 6.45) is 0.974. The van der Waals surface area contributed by atoms with E-state index in [4.69, 9.17) is 5.73 Å². The zero-order valence-corrected chi connectivity index (χ0v) is 9.26. The lowest BCUT2D eigenvalue weighted by atomic mass is 9.78. The highest BCUT2D eigenvalue weighted by molar-refractivity contribution is 4.84. The van der Waals surface area contributed by atoms with Crippen molar-refractivity contribution >= 4 is 0 Å². The minimum absolute atomic E-state index is 0.0122. The van der Waals surface area contributed by atoms with Crippen LogP contribution in [0.2, 0.25) is 0 Å². The van der Waals surface area contributed by atoms with Gasteiger partial charge in [0.05, 0.1) is 6.10 Å². The number of aliphatic hydroxyl groups excluding tert-OH is 1. The van der Waals surface area contributed by atoms with Crippen LogP contribution in [0.25, 0.3) is 0 Å². The SMILES string of the molecule is CCC(CN)C(O)C1CCC(F)(F)CC1. The highest BCUT2D eigenvalue weighted by Crippen LogP contribution is 2.38. The van der Waals surface area contributed by atoms with E-state index < -0.39 is 12.0 Å². The van der Waals surface area contributed by atoms with Crippen LogP contribution in [-0.2, 0) is 0 Å². The van der Waals surface area contributed by atoms with Crippen molar-refractivity contribution in [3.63, 3.8) is 0 Å². The maximum absolute atomic E-state index is 12.9. The Morgan fingerprint density at radius 2 is 1.93 bits per heavy atom. The smallest absolute Gasteiger partial charge is 0.248 e. The van der Waals surface area contributed by atoms with Crippen LogP contribution in [0, 0.1) is 11.8 Å². The van der Waals surface area contributed by atoms with Crippen LogP contribution < -0.4 is 5.73 Å². The Balaban J connectivity index is 2.45. The second-order valence-electron chi connectivity index (χ2n) is 4.59. The minimum Gasteiger partial charge on any atom is -0.393 e. The van der Waals surface area contributed by atoms with Gasteiger partial charge in [-0.15, -0.1) is 0 Å². The molecule has 2 unspecified atom stereocenters. The van der Waals surface area contributed by atoms with Crippen molar-refractivity contribution in [2.45, 2.75) is 51.1 Å². The Labute approximate surface area is 89.8 Å². The van der Waals surface area contributed by atoms with Crippen LogP contribution in [0.5, 0.6) is 0 Å². The van der Waals surface area contributed by atoms with Crippen molar-refractivity contribution in [2.75, 3.05) is 6.54 Å². The number of rotatable bonds is 4. The van der Waals surface area contributed by atoms with E-state index in [1.165, 1.54) is 0 Å². The largest absolute Gasteiger partial charge is 0.393 e. The molecule has 0 aliphatic heterocycles. The molecular weight excluding hydrogens is 200 g/mol. The van der Waals surface area contributed by atoms with E-state index in [0.717, 1.165) is 6.42 Å². The van der Waals surface area contributed by atoms with Gasteiger partial charge in [0.15, 0.2) is 0 Å². The molecule has 0 saturated heterocycles. The molecule has 3 N–H and O–H groups in total. The fourth-order valence-electron chi connectivity index (χ4n) is 2.34. The summed E-state index contributed by atoms with van der Waals surface area (Å²) in [7, 11) is 0. The lowest BCUT2D eigenvalue weighted by molar-refractivity contribution is -0.0699. The fourth-order valence-corrected chi connectivity index (χ4v) is 2.34. The summed E-state index contributed by atoms with van der Waals surface area (Å²) in [5, 5.41) is 9.98. The molecule has 4 heteroatoms. The molecule has 2 nitrogen and oxygen atoms in total. The predicted octanol–water partition coefficient (Wildman–Crippen LogP) is 2.16. The van der Waals surface area contributed by atoms with Crippen LogP contribution in [0.15, 0.2) is 0 Å². The molecule has 0 aromatic carbocycles. The van der Waals surface area contributed by atoms with Gasteiger partial charge in [0.1, 0.15) is 0 Å². The molecule has 0 amide bonds. The predicted molar refractivity (Wildman–Crippen MR) is 55.7 cm³/mol. The Morgan fingerprint density at radius 3 is 2.33 bits per heavy atom. The lowest BCUT2D eigenvalue weighted by Crippen LogP contribution is -2.37. The number of nitrogens with two attached hydrogens (primary N) is 1. The third kappa shape index (κ3) is 3.38. The van der Waals surface area contributed by atoms with Gasteiger partial charge >= 0.3 is 0 Å². The van der Waals surface area contributed by atoms with Gasteiger partial charge < -0.3 is 10.8 Å². The van der Waals surface area contributed by atoms with Crippen molar-refractivity contribution in [2.24, 2.45) is 17.6 Å². The monoisotopic (exact) mass is 221 g/mol. The molecule has 0 aromatic heterocycles. The summed E-state index contributed by atoms with van der Waals surface area (Å²) in [6, 6.07) is 0. The Hall–Kier alpha value is -0.220. The van der Waals surface area contributed by atoms with Crippen LogP contribution in [-0.4, -0.2) is 23.7 Å². The van der Waals surface area contributed by atoms with Crippen LogP contribution in [0.1, 0.15) is 39.0 Å². The lowest BCUT2D eigenvalue weighted by Gasteiger charge is -2.34. The van der Waals surface area contributed by atoms with E-state index in [9.17, 15) is 13.9 Å². The number of halogens is 2. The summed E-state index contributed by atoms with van der Waals surface area (Å²) in [5.74, 6) is -2.44. The van der Waals surface area contributed by atoms with Gasteiger partial charge in [-0.25, -0.2) is 8.78 Å². The molecule has 1 rings (SSSR count). The summed E-state index contributed by atoms with van der Waals surface area (Å²) in [5.41, 5.74) is 5.54. The van der Waals surface area contributed by atoms with Crippen LogP contribution >= 0.6 is 0 Å². The maximum Gasteiger partial charge on any atom is 0.248 e. The maximum atomic E-state index is 12.9. The van der Waals surface area contributed by atoms with Crippen LogP contribution in [0.4, 0.5) is 8.78 Å². The Kier molecular flexibility index (Phi) is 4.46. The molecule has 1 aliphatic rings. The molecule has 0 heterocycles. The number of alkyl halides is 2. The molecule has 90 valence electrons. The zero-order valence-electron chi connectivity index (χ0n) is 9.26. The van der Waals surface area contributed by atoms with E-state index in [-0.39, 0.29) is 24.7 Å². The third-order valence-corrected chi connectivity index (χ3v) is 3.55. The van der Waals surface area contributed by atoms with Gasteiger partial charge in [0.2, 0.25) is 5.92 Å². The van der Waals surface area contributed by atoms with E-state index in [1.54, 1.807) is 0 Å². The first kappa shape index (κ1) is 12.8. The van der Waals surface area contributed by atoms with E-state index in [1.807, 2.05) is 6.92 Å². The average molecular weight is 221 g/mol. The topological polar surface area (TPSA) is 46.2 Å². The quantitative estimate of drug-likeness (QED) is 0.764. The molecule has 0 bridgehead atoms. The highest BCUT2D eigenvalue weighted by Gasteiger charge is 2.38. The van der Waals surface area contributed by atoms with E-state index in [2.05, 4.69) is 0 Å². The highest BCUT2D eigenvalue weighted by atomic mass is 19.3. The molecular formula is C11H21F2NO. The molecule has 15 heavy (non-hydrogen) atoms. The molecule has 0 aromatic rings. The van der Waals surface area contributed by atoms with Gasteiger partial charge in [0, 0.05) is 12.8 Å².